The highest BCUT2D eigenvalue weighted by atomic mass is 32.2. The van der Waals surface area contributed by atoms with Crippen molar-refractivity contribution in [1.29, 1.82) is 0 Å². The van der Waals surface area contributed by atoms with Crippen molar-refractivity contribution in [2.75, 3.05) is 10.2 Å². The minimum Gasteiger partial charge on any atom is -0.478 e. The molecular weight excluding hydrogens is 392 g/mol. The number of benzene rings is 2. The summed E-state index contributed by atoms with van der Waals surface area (Å²) in [6, 6.07) is 14.0. The molecule has 3 rings (SSSR count). The van der Waals surface area contributed by atoms with Crippen molar-refractivity contribution in [1.82, 2.24) is 0 Å². The van der Waals surface area contributed by atoms with E-state index in [9.17, 15) is 19.2 Å². The monoisotopic (exact) mass is 410 g/mol. The number of nitrogens with zero attached hydrogens (tertiary/aromatic N) is 1. The second kappa shape index (κ2) is 8.74. The van der Waals surface area contributed by atoms with Gasteiger partial charge in [-0.05, 0) is 37.3 Å². The van der Waals surface area contributed by atoms with Gasteiger partial charge in [0, 0.05) is 29.2 Å². The first-order valence-electron chi connectivity index (χ1n) is 8.75. The summed E-state index contributed by atoms with van der Waals surface area (Å²) in [6.07, 6.45) is 1.76. The van der Waals surface area contributed by atoms with Crippen LogP contribution in [-0.4, -0.2) is 34.0 Å². The van der Waals surface area contributed by atoms with E-state index in [0.717, 1.165) is 17.7 Å². The number of carboxylic acid groups (broad SMARTS) is 1. The van der Waals surface area contributed by atoms with E-state index in [1.807, 2.05) is 19.1 Å². The fourth-order valence-corrected chi connectivity index (χ4v) is 3.92. The number of carbonyl (C=O) groups excluding carboxylic acids is 3. The van der Waals surface area contributed by atoms with Crippen LogP contribution in [0.3, 0.4) is 0 Å². The molecule has 3 amide bonds. The zero-order chi connectivity index (χ0) is 21.0. The van der Waals surface area contributed by atoms with E-state index in [1.54, 1.807) is 36.4 Å². The summed E-state index contributed by atoms with van der Waals surface area (Å²) in [4.78, 5) is 49.3. The lowest BCUT2D eigenvalue weighted by Crippen LogP contribution is -2.31. The number of thioether (sulfide) groups is 1. The van der Waals surface area contributed by atoms with E-state index in [-0.39, 0.29) is 18.2 Å². The molecule has 1 fully saturated rings. The molecule has 1 atom stereocenters. The summed E-state index contributed by atoms with van der Waals surface area (Å²) in [6.45, 7) is 1.93. The van der Waals surface area contributed by atoms with Gasteiger partial charge in [0.15, 0.2) is 0 Å². The molecule has 0 saturated carbocycles. The SMILES string of the molecule is Cc1ccc(N2C(=O)CC(Sc3cccc(NC(=O)/C=C/C(=O)O)c3)C2=O)cc1. The molecule has 1 heterocycles. The number of aryl methyl sites for hydroxylation is 1. The molecule has 0 aliphatic carbocycles. The number of aliphatic carboxylic acids is 1. The number of hydrogen-bond donors (Lipinski definition) is 2. The Morgan fingerprint density at radius 3 is 2.55 bits per heavy atom. The Kier molecular flexibility index (Phi) is 6.13. The molecule has 2 N–H and O–H groups in total. The number of imide groups is 1. The van der Waals surface area contributed by atoms with Gasteiger partial charge in [-0.1, -0.05) is 23.8 Å². The Labute approximate surface area is 171 Å². The van der Waals surface area contributed by atoms with Crippen LogP contribution >= 0.6 is 11.8 Å². The third-order valence-electron chi connectivity index (χ3n) is 4.15. The number of anilines is 2. The quantitative estimate of drug-likeness (QED) is 0.560. The molecule has 8 heteroatoms. The van der Waals surface area contributed by atoms with Crippen molar-refractivity contribution < 1.29 is 24.3 Å². The van der Waals surface area contributed by atoms with E-state index in [1.165, 1.54) is 16.7 Å². The van der Waals surface area contributed by atoms with E-state index < -0.39 is 17.1 Å². The van der Waals surface area contributed by atoms with Gasteiger partial charge in [0.1, 0.15) is 0 Å². The van der Waals surface area contributed by atoms with Crippen molar-refractivity contribution >= 4 is 46.8 Å². The van der Waals surface area contributed by atoms with Crippen molar-refractivity contribution in [2.24, 2.45) is 0 Å². The lowest BCUT2D eigenvalue weighted by Gasteiger charge is -2.15. The molecule has 1 aliphatic rings. The van der Waals surface area contributed by atoms with Crippen LogP contribution in [0, 0.1) is 6.92 Å². The van der Waals surface area contributed by atoms with Crippen LogP contribution in [0.2, 0.25) is 0 Å². The number of carbonyl (C=O) groups is 4. The molecule has 1 unspecified atom stereocenters. The van der Waals surface area contributed by atoms with E-state index in [2.05, 4.69) is 5.32 Å². The van der Waals surface area contributed by atoms with Crippen LogP contribution < -0.4 is 10.2 Å². The first-order valence-corrected chi connectivity index (χ1v) is 9.63. The van der Waals surface area contributed by atoms with Gasteiger partial charge >= 0.3 is 5.97 Å². The second-order valence-electron chi connectivity index (χ2n) is 6.40. The summed E-state index contributed by atoms with van der Waals surface area (Å²) < 4.78 is 0. The van der Waals surface area contributed by atoms with Gasteiger partial charge in [-0.3, -0.25) is 14.4 Å². The average Bonchev–Trinajstić information content (AvgIpc) is 2.94. The van der Waals surface area contributed by atoms with Crippen molar-refractivity contribution in [3.63, 3.8) is 0 Å². The Morgan fingerprint density at radius 1 is 1.14 bits per heavy atom. The minimum atomic E-state index is -1.22. The van der Waals surface area contributed by atoms with E-state index >= 15 is 0 Å². The molecule has 1 saturated heterocycles. The Hall–Kier alpha value is -3.39. The lowest BCUT2D eigenvalue weighted by atomic mass is 10.2. The van der Waals surface area contributed by atoms with Crippen molar-refractivity contribution in [2.45, 2.75) is 23.5 Å². The summed E-state index contributed by atoms with van der Waals surface area (Å²) in [5, 5.41) is 10.6. The molecule has 2 aromatic carbocycles. The summed E-state index contributed by atoms with van der Waals surface area (Å²) in [7, 11) is 0. The van der Waals surface area contributed by atoms with Crippen LogP contribution in [0.5, 0.6) is 0 Å². The summed E-state index contributed by atoms with van der Waals surface area (Å²) >= 11 is 1.25. The van der Waals surface area contributed by atoms with Crippen LogP contribution in [0.1, 0.15) is 12.0 Å². The fraction of sp³-hybridized carbons (Fsp3) is 0.143. The largest absolute Gasteiger partial charge is 0.478 e. The molecule has 0 aromatic heterocycles. The number of hydrogen-bond acceptors (Lipinski definition) is 5. The predicted octanol–water partition coefficient (Wildman–Crippen LogP) is 3.00. The first kappa shape index (κ1) is 20.3. The Balaban J connectivity index is 1.69. The molecule has 0 bridgehead atoms. The highest BCUT2D eigenvalue weighted by molar-refractivity contribution is 8.00. The highest BCUT2D eigenvalue weighted by Gasteiger charge is 2.40. The minimum absolute atomic E-state index is 0.0926. The molecule has 29 heavy (non-hydrogen) atoms. The van der Waals surface area contributed by atoms with Gasteiger partial charge in [0.2, 0.25) is 17.7 Å². The van der Waals surface area contributed by atoms with Crippen LogP contribution in [0.25, 0.3) is 0 Å². The molecule has 0 spiro atoms. The second-order valence-corrected chi connectivity index (χ2v) is 7.68. The maximum Gasteiger partial charge on any atom is 0.328 e. The van der Waals surface area contributed by atoms with Crippen LogP contribution in [-0.2, 0) is 19.2 Å². The first-order chi connectivity index (χ1) is 13.8. The molecule has 148 valence electrons. The zero-order valence-electron chi connectivity index (χ0n) is 15.5. The van der Waals surface area contributed by atoms with Gasteiger partial charge < -0.3 is 10.4 Å². The normalized spacial score (nSPS) is 16.4. The molecular formula is C21H18N2O5S. The van der Waals surface area contributed by atoms with Gasteiger partial charge in [-0.15, -0.1) is 11.8 Å². The maximum atomic E-state index is 12.8. The fourth-order valence-electron chi connectivity index (χ4n) is 2.80. The number of carboxylic acids is 1. The van der Waals surface area contributed by atoms with E-state index in [0.29, 0.717) is 16.3 Å². The summed E-state index contributed by atoms with van der Waals surface area (Å²) in [5.41, 5.74) is 2.05. The standard InChI is InChI=1S/C21H18N2O5S/c1-13-5-7-15(8-6-13)23-19(25)12-17(21(23)28)29-16-4-2-3-14(11-16)22-18(24)9-10-20(26)27/h2-11,17H,12H2,1H3,(H,22,24)(H,26,27)/b10-9+. The van der Waals surface area contributed by atoms with Gasteiger partial charge in [-0.2, -0.15) is 0 Å². The molecule has 0 radical (unpaired) electrons. The molecule has 2 aromatic rings. The number of rotatable bonds is 6. The number of amides is 3. The Morgan fingerprint density at radius 2 is 1.86 bits per heavy atom. The molecule has 1 aliphatic heterocycles. The lowest BCUT2D eigenvalue weighted by molar-refractivity contribution is -0.131. The van der Waals surface area contributed by atoms with Crippen LogP contribution in [0.15, 0.2) is 65.6 Å². The third-order valence-corrected chi connectivity index (χ3v) is 5.33. The van der Waals surface area contributed by atoms with Gasteiger partial charge in [0.25, 0.3) is 0 Å². The van der Waals surface area contributed by atoms with Crippen molar-refractivity contribution in [3.8, 4) is 0 Å². The number of nitrogens with one attached hydrogen (secondary N) is 1. The Bertz CT molecular complexity index is 1000. The van der Waals surface area contributed by atoms with E-state index in [4.69, 9.17) is 5.11 Å². The average molecular weight is 410 g/mol. The predicted molar refractivity (Wildman–Crippen MR) is 110 cm³/mol. The smallest absolute Gasteiger partial charge is 0.328 e. The van der Waals surface area contributed by atoms with Gasteiger partial charge in [-0.25, -0.2) is 9.69 Å². The third kappa shape index (κ3) is 5.11. The maximum absolute atomic E-state index is 12.8. The highest BCUT2D eigenvalue weighted by Crippen LogP contribution is 2.34. The summed E-state index contributed by atoms with van der Waals surface area (Å²) in [5.74, 6) is -2.32. The molecule has 7 nitrogen and oxygen atoms in total. The van der Waals surface area contributed by atoms with Crippen LogP contribution in [0.4, 0.5) is 11.4 Å². The van der Waals surface area contributed by atoms with Crippen molar-refractivity contribution in [3.05, 3.63) is 66.2 Å². The zero-order valence-corrected chi connectivity index (χ0v) is 16.3. The topological polar surface area (TPSA) is 104 Å². The van der Waals surface area contributed by atoms with Gasteiger partial charge in [0.05, 0.1) is 10.9 Å².